The van der Waals surface area contributed by atoms with Gasteiger partial charge in [0.2, 0.25) is 5.91 Å². The molecule has 2 aromatic rings. The van der Waals surface area contributed by atoms with Crippen LogP contribution in [-0.2, 0) is 4.79 Å². The van der Waals surface area contributed by atoms with E-state index >= 15 is 0 Å². The zero-order chi connectivity index (χ0) is 17.4. The van der Waals surface area contributed by atoms with Crippen LogP contribution in [0.3, 0.4) is 0 Å². The Morgan fingerprint density at radius 2 is 1.92 bits per heavy atom. The van der Waals surface area contributed by atoms with Crippen LogP contribution in [0, 0.1) is 27.7 Å². The van der Waals surface area contributed by atoms with Crippen molar-refractivity contribution >= 4 is 29.0 Å². The van der Waals surface area contributed by atoms with E-state index in [0.717, 1.165) is 16.8 Å². The number of nitrogens with one attached hydrogen (secondary N) is 1. The summed E-state index contributed by atoms with van der Waals surface area (Å²) in [6, 6.07) is 3.70. The second-order valence-electron chi connectivity index (χ2n) is 6.37. The van der Waals surface area contributed by atoms with Gasteiger partial charge in [0.05, 0.1) is 11.3 Å². The van der Waals surface area contributed by atoms with Crippen LogP contribution in [0.25, 0.3) is 0 Å². The summed E-state index contributed by atoms with van der Waals surface area (Å²) in [5.41, 5.74) is 5.58. The molecule has 0 radical (unpaired) electrons. The number of aryl methyl sites for hydroxylation is 4. The molecular formula is C18H21N3O2S. The van der Waals surface area contributed by atoms with Crippen LogP contribution in [0.4, 0.5) is 5.69 Å². The first-order valence-corrected chi connectivity index (χ1v) is 8.83. The summed E-state index contributed by atoms with van der Waals surface area (Å²) in [6.45, 7) is 8.52. The van der Waals surface area contributed by atoms with Gasteiger partial charge in [-0.05, 0) is 56.8 Å². The molecular weight excluding hydrogens is 322 g/mol. The molecule has 1 aliphatic heterocycles. The number of nitrogens with zero attached hydrogens (tertiary/aromatic N) is 2. The second-order valence-corrected chi connectivity index (χ2v) is 6.99. The van der Waals surface area contributed by atoms with Gasteiger partial charge in [-0.25, -0.2) is 0 Å². The lowest BCUT2D eigenvalue weighted by Crippen LogP contribution is -2.42. The first-order valence-electron chi connectivity index (χ1n) is 7.99. The fourth-order valence-electron chi connectivity index (χ4n) is 3.38. The van der Waals surface area contributed by atoms with Crippen molar-refractivity contribution in [2.24, 2.45) is 0 Å². The summed E-state index contributed by atoms with van der Waals surface area (Å²) in [6.07, 6.45) is 0.619. The van der Waals surface area contributed by atoms with Crippen LogP contribution in [-0.4, -0.2) is 28.8 Å². The Balaban J connectivity index is 1.79. The molecule has 1 unspecified atom stereocenters. The number of anilines is 1. The van der Waals surface area contributed by atoms with E-state index < -0.39 is 6.04 Å². The van der Waals surface area contributed by atoms with Gasteiger partial charge in [-0.3, -0.25) is 9.59 Å². The molecule has 0 aliphatic carbocycles. The Labute approximate surface area is 145 Å². The number of amides is 2. The zero-order valence-corrected chi connectivity index (χ0v) is 15.2. The molecule has 3 rings (SSSR count). The van der Waals surface area contributed by atoms with Gasteiger partial charge in [0.25, 0.3) is 5.91 Å². The van der Waals surface area contributed by atoms with E-state index in [9.17, 15) is 9.59 Å². The van der Waals surface area contributed by atoms with E-state index in [-0.39, 0.29) is 11.8 Å². The molecule has 1 aromatic heterocycles. The van der Waals surface area contributed by atoms with Gasteiger partial charge in [-0.1, -0.05) is 17.7 Å². The van der Waals surface area contributed by atoms with Crippen molar-refractivity contribution in [2.75, 3.05) is 11.4 Å². The minimum absolute atomic E-state index is 0.0424. The first kappa shape index (κ1) is 16.6. The maximum absolute atomic E-state index is 12.8. The van der Waals surface area contributed by atoms with Crippen molar-refractivity contribution in [2.45, 2.75) is 40.2 Å². The smallest absolute Gasteiger partial charge is 0.254 e. The normalized spacial score (nSPS) is 17.4. The van der Waals surface area contributed by atoms with E-state index in [0.29, 0.717) is 24.2 Å². The SMILES string of the molecule is Cc1cc(C)c(N2CCC(NC(=O)c3csnc3C)C2=O)c(C)c1. The van der Waals surface area contributed by atoms with Gasteiger partial charge < -0.3 is 10.2 Å². The summed E-state index contributed by atoms with van der Waals surface area (Å²) < 4.78 is 4.11. The molecule has 0 bridgehead atoms. The van der Waals surface area contributed by atoms with E-state index in [4.69, 9.17) is 0 Å². The molecule has 1 aliphatic rings. The Bertz CT molecular complexity index is 789. The van der Waals surface area contributed by atoms with Crippen LogP contribution in [0.2, 0.25) is 0 Å². The summed E-state index contributed by atoms with van der Waals surface area (Å²) in [4.78, 5) is 26.9. The molecule has 0 spiro atoms. The number of hydrogen-bond acceptors (Lipinski definition) is 4. The molecule has 1 aromatic carbocycles. The third kappa shape index (κ3) is 2.94. The maximum Gasteiger partial charge on any atom is 0.254 e. The summed E-state index contributed by atoms with van der Waals surface area (Å²) >= 11 is 1.25. The van der Waals surface area contributed by atoms with Crippen molar-refractivity contribution in [1.29, 1.82) is 0 Å². The van der Waals surface area contributed by atoms with Gasteiger partial charge in [-0.2, -0.15) is 4.37 Å². The number of carbonyl (C=O) groups excluding carboxylic acids is 2. The maximum atomic E-state index is 12.8. The predicted molar refractivity (Wildman–Crippen MR) is 95.7 cm³/mol. The van der Waals surface area contributed by atoms with Crippen molar-refractivity contribution in [3.05, 3.63) is 45.5 Å². The molecule has 1 N–H and O–H groups in total. The number of rotatable bonds is 3. The lowest BCUT2D eigenvalue weighted by atomic mass is 10.0. The Morgan fingerprint density at radius 1 is 1.25 bits per heavy atom. The van der Waals surface area contributed by atoms with Crippen LogP contribution in [0.1, 0.15) is 39.2 Å². The predicted octanol–water partition coefficient (Wildman–Crippen LogP) is 2.91. The zero-order valence-electron chi connectivity index (χ0n) is 14.3. The molecule has 1 atom stereocenters. The highest BCUT2D eigenvalue weighted by molar-refractivity contribution is 7.03. The van der Waals surface area contributed by atoms with Crippen LogP contribution < -0.4 is 10.2 Å². The summed E-state index contributed by atoms with van der Waals surface area (Å²) in [7, 11) is 0. The third-order valence-corrected chi connectivity index (χ3v) is 5.13. The third-order valence-electron chi connectivity index (χ3n) is 4.41. The number of carbonyl (C=O) groups is 2. The molecule has 2 amide bonds. The standard InChI is InChI=1S/C18H21N3O2S/c1-10-7-11(2)16(12(3)8-10)21-6-5-15(18(21)23)19-17(22)14-9-24-20-13(14)4/h7-9,15H,5-6H2,1-4H3,(H,19,22). The minimum Gasteiger partial charge on any atom is -0.340 e. The molecule has 5 nitrogen and oxygen atoms in total. The van der Waals surface area contributed by atoms with Gasteiger partial charge >= 0.3 is 0 Å². The number of aromatic nitrogens is 1. The van der Waals surface area contributed by atoms with E-state index in [1.54, 1.807) is 17.2 Å². The van der Waals surface area contributed by atoms with Gasteiger partial charge in [-0.15, -0.1) is 0 Å². The lowest BCUT2D eigenvalue weighted by Gasteiger charge is -2.22. The van der Waals surface area contributed by atoms with Crippen LogP contribution in [0.15, 0.2) is 17.5 Å². The van der Waals surface area contributed by atoms with Crippen LogP contribution in [0.5, 0.6) is 0 Å². The highest BCUT2D eigenvalue weighted by Gasteiger charge is 2.35. The summed E-state index contributed by atoms with van der Waals surface area (Å²) in [5, 5.41) is 4.58. The minimum atomic E-state index is -0.475. The molecule has 1 saturated heterocycles. The summed E-state index contributed by atoms with van der Waals surface area (Å²) in [5.74, 6) is -0.266. The van der Waals surface area contributed by atoms with E-state index in [2.05, 4.69) is 28.7 Å². The van der Waals surface area contributed by atoms with Gasteiger partial charge in [0.15, 0.2) is 0 Å². The first-order chi connectivity index (χ1) is 11.4. The average Bonchev–Trinajstić information content (AvgIpc) is 3.06. The topological polar surface area (TPSA) is 62.3 Å². The molecule has 126 valence electrons. The number of benzene rings is 1. The average molecular weight is 343 g/mol. The molecule has 6 heteroatoms. The van der Waals surface area contributed by atoms with Gasteiger partial charge in [0.1, 0.15) is 6.04 Å². The van der Waals surface area contributed by atoms with Crippen molar-refractivity contribution in [3.8, 4) is 0 Å². The van der Waals surface area contributed by atoms with Crippen molar-refractivity contribution in [1.82, 2.24) is 9.69 Å². The molecule has 24 heavy (non-hydrogen) atoms. The monoisotopic (exact) mass is 343 g/mol. The number of hydrogen-bond donors (Lipinski definition) is 1. The van der Waals surface area contributed by atoms with E-state index in [1.807, 2.05) is 13.8 Å². The molecule has 0 saturated carbocycles. The molecule has 1 fully saturated rings. The second kappa shape index (κ2) is 6.36. The van der Waals surface area contributed by atoms with E-state index in [1.165, 1.54) is 17.1 Å². The quantitative estimate of drug-likeness (QED) is 0.932. The fraction of sp³-hybridized carbons (Fsp3) is 0.389. The van der Waals surface area contributed by atoms with Gasteiger partial charge in [0, 0.05) is 17.6 Å². The van der Waals surface area contributed by atoms with Crippen LogP contribution >= 0.6 is 11.5 Å². The Hall–Kier alpha value is -2.21. The Morgan fingerprint density at radius 3 is 2.50 bits per heavy atom. The van der Waals surface area contributed by atoms with Crippen molar-refractivity contribution in [3.63, 3.8) is 0 Å². The molecule has 2 heterocycles. The highest BCUT2D eigenvalue weighted by Crippen LogP contribution is 2.30. The largest absolute Gasteiger partial charge is 0.340 e. The fourth-order valence-corrected chi connectivity index (χ4v) is 4.07. The highest BCUT2D eigenvalue weighted by atomic mass is 32.1. The van der Waals surface area contributed by atoms with Crippen molar-refractivity contribution < 1.29 is 9.59 Å². The Kier molecular flexibility index (Phi) is 4.41. The lowest BCUT2D eigenvalue weighted by molar-refractivity contribution is -0.118.